The third-order valence-corrected chi connectivity index (χ3v) is 4.84. The number of anilines is 1. The van der Waals surface area contributed by atoms with Gasteiger partial charge >= 0.3 is 0 Å². The van der Waals surface area contributed by atoms with Gasteiger partial charge in [0.05, 0.1) is 30.4 Å². The maximum atomic E-state index is 14.8. The van der Waals surface area contributed by atoms with Gasteiger partial charge in [-0.2, -0.15) is 0 Å². The first-order chi connectivity index (χ1) is 17.2. The lowest BCUT2D eigenvalue weighted by molar-refractivity contribution is 0.630. The molecule has 0 spiro atoms. The van der Waals surface area contributed by atoms with Gasteiger partial charge in [-0.05, 0) is 30.6 Å². The molecule has 0 amide bonds. The summed E-state index contributed by atoms with van der Waals surface area (Å²) in [4.78, 5) is 33.6. The summed E-state index contributed by atoms with van der Waals surface area (Å²) < 4.78 is 56.6. The van der Waals surface area contributed by atoms with Gasteiger partial charge in [-0.25, -0.2) is 24.3 Å². The summed E-state index contributed by atoms with van der Waals surface area (Å²) in [6.45, 7) is 1.80. The molecule has 154 valence electrons. The van der Waals surface area contributed by atoms with E-state index in [2.05, 4.69) is 30.2 Å². The van der Waals surface area contributed by atoms with Crippen molar-refractivity contribution in [2.45, 2.75) is 19.4 Å². The fraction of sp³-hybridized carbons (Fsp3) is 0.136. The average Bonchev–Trinajstić information content (AvgIpc) is 3.36. The van der Waals surface area contributed by atoms with Crippen molar-refractivity contribution in [3.63, 3.8) is 0 Å². The number of hydrogen-bond acceptors (Lipinski definition) is 6. The number of H-pyrrole nitrogens is 1. The van der Waals surface area contributed by atoms with Crippen LogP contribution in [0.3, 0.4) is 0 Å². The molecule has 8 nitrogen and oxygen atoms in total. The van der Waals surface area contributed by atoms with Crippen LogP contribution in [0.4, 0.5) is 10.2 Å². The van der Waals surface area contributed by atoms with Crippen molar-refractivity contribution in [2.75, 3.05) is 5.32 Å². The van der Waals surface area contributed by atoms with Crippen LogP contribution >= 0.6 is 0 Å². The van der Waals surface area contributed by atoms with Crippen LogP contribution in [-0.4, -0.2) is 29.5 Å². The quantitative estimate of drug-likeness (QED) is 0.449. The van der Waals surface area contributed by atoms with Crippen molar-refractivity contribution in [1.29, 1.82) is 0 Å². The van der Waals surface area contributed by atoms with Crippen molar-refractivity contribution < 1.29 is 11.2 Å². The molecule has 2 aromatic carbocycles. The smallest absolute Gasteiger partial charge is 0.269 e. The summed E-state index contributed by atoms with van der Waals surface area (Å²) in [6.07, 6.45) is 3.10. The van der Waals surface area contributed by atoms with E-state index in [1.165, 1.54) is 24.8 Å². The molecule has 2 N–H and O–H groups in total. The molecule has 0 radical (unpaired) electrons. The molecule has 0 aliphatic heterocycles. The van der Waals surface area contributed by atoms with Crippen LogP contribution in [0.15, 0.2) is 65.9 Å². The van der Waals surface area contributed by atoms with E-state index in [-0.39, 0.29) is 16.7 Å². The Morgan fingerprint density at radius 1 is 1.23 bits per heavy atom. The minimum atomic E-state index is -0.902. The van der Waals surface area contributed by atoms with Gasteiger partial charge in [0.15, 0.2) is 11.5 Å². The molecule has 0 aliphatic rings. The SMILES string of the molecule is [2H]c1c([2H])c([2H])c(-n2c([C@H](CC)Nc3ncnc4nc[nH]c34)nc3cccc(F)c3c2=O)c([2H])c1[2H]. The molecule has 31 heavy (non-hydrogen) atoms. The fourth-order valence-electron chi connectivity index (χ4n) is 3.40. The first kappa shape index (κ1) is 14.0. The largest absolute Gasteiger partial charge is 0.358 e. The Kier molecular flexibility index (Phi) is 3.42. The average molecular weight is 420 g/mol. The zero-order valence-electron chi connectivity index (χ0n) is 21.2. The number of halogens is 1. The van der Waals surface area contributed by atoms with Gasteiger partial charge in [0, 0.05) is 0 Å². The van der Waals surface area contributed by atoms with Gasteiger partial charge < -0.3 is 10.3 Å². The zero-order chi connectivity index (χ0) is 25.7. The highest BCUT2D eigenvalue weighted by Crippen LogP contribution is 2.26. The number of hydrogen-bond donors (Lipinski definition) is 2. The van der Waals surface area contributed by atoms with E-state index in [1.807, 2.05) is 0 Å². The second-order valence-corrected chi connectivity index (χ2v) is 6.65. The molecule has 5 aromatic rings. The van der Waals surface area contributed by atoms with E-state index in [0.717, 1.165) is 10.6 Å². The van der Waals surface area contributed by atoms with Gasteiger partial charge in [0.2, 0.25) is 0 Å². The molecule has 1 atom stereocenters. The van der Waals surface area contributed by atoms with Gasteiger partial charge in [-0.3, -0.25) is 9.36 Å². The molecule has 0 unspecified atom stereocenters. The molecule has 0 saturated heterocycles. The predicted molar refractivity (Wildman–Crippen MR) is 116 cm³/mol. The molecular weight excluding hydrogens is 397 g/mol. The highest BCUT2D eigenvalue weighted by atomic mass is 19.1. The number of fused-ring (bicyclic) bond motifs is 2. The van der Waals surface area contributed by atoms with Crippen LogP contribution in [0.25, 0.3) is 27.8 Å². The summed E-state index contributed by atoms with van der Waals surface area (Å²) in [6, 6.07) is 0.130. The Morgan fingerprint density at radius 3 is 2.87 bits per heavy atom. The molecule has 3 aromatic heterocycles. The minimum Gasteiger partial charge on any atom is -0.358 e. The van der Waals surface area contributed by atoms with Gasteiger partial charge in [-0.1, -0.05) is 31.1 Å². The number of aromatic amines is 1. The highest BCUT2D eigenvalue weighted by Gasteiger charge is 2.22. The van der Waals surface area contributed by atoms with Crippen LogP contribution in [-0.2, 0) is 0 Å². The number of nitrogens with one attached hydrogen (secondary N) is 2. The highest BCUT2D eigenvalue weighted by molar-refractivity contribution is 5.82. The number of benzene rings is 2. The van der Waals surface area contributed by atoms with Crippen LogP contribution in [0.1, 0.15) is 32.1 Å². The second-order valence-electron chi connectivity index (χ2n) is 6.65. The topological polar surface area (TPSA) is 101 Å². The lowest BCUT2D eigenvalue weighted by Crippen LogP contribution is -2.28. The Morgan fingerprint density at radius 2 is 2.06 bits per heavy atom. The summed E-state index contributed by atoms with van der Waals surface area (Å²) in [5.41, 5.74) is -0.360. The number of para-hydroxylation sites is 1. The first-order valence-corrected chi connectivity index (χ1v) is 9.43. The third-order valence-electron chi connectivity index (χ3n) is 4.84. The zero-order valence-corrected chi connectivity index (χ0v) is 16.2. The normalized spacial score (nSPS) is 14.6. The van der Waals surface area contributed by atoms with Crippen LogP contribution in [0, 0.1) is 5.82 Å². The van der Waals surface area contributed by atoms with E-state index < -0.39 is 53.3 Å². The maximum absolute atomic E-state index is 14.8. The minimum absolute atomic E-state index is 0.0189. The summed E-state index contributed by atoms with van der Waals surface area (Å²) >= 11 is 0. The molecule has 0 aliphatic carbocycles. The van der Waals surface area contributed by atoms with E-state index in [1.54, 1.807) is 6.92 Å². The Labute approximate surface area is 182 Å². The molecular formula is C22H18FN7O. The van der Waals surface area contributed by atoms with Crippen LogP contribution in [0.5, 0.6) is 0 Å². The first-order valence-electron chi connectivity index (χ1n) is 11.9. The lowest BCUT2D eigenvalue weighted by Gasteiger charge is -2.22. The maximum Gasteiger partial charge on any atom is 0.269 e. The van der Waals surface area contributed by atoms with Gasteiger partial charge in [-0.15, -0.1) is 0 Å². The van der Waals surface area contributed by atoms with Crippen LogP contribution < -0.4 is 10.9 Å². The van der Waals surface area contributed by atoms with E-state index in [0.29, 0.717) is 23.4 Å². The number of imidazole rings is 1. The van der Waals surface area contributed by atoms with E-state index in [4.69, 9.17) is 6.85 Å². The number of rotatable bonds is 5. The Bertz CT molecular complexity index is 1690. The van der Waals surface area contributed by atoms with Crippen molar-refractivity contribution in [1.82, 2.24) is 29.5 Å². The number of aromatic nitrogens is 6. The Balaban J connectivity index is 1.84. The second kappa shape index (κ2) is 7.60. The molecule has 0 saturated carbocycles. The van der Waals surface area contributed by atoms with E-state index >= 15 is 0 Å². The molecule has 0 bridgehead atoms. The molecule has 9 heteroatoms. The summed E-state index contributed by atoms with van der Waals surface area (Å²) in [5, 5.41) is 2.82. The Hall–Kier alpha value is -4.14. The fourth-order valence-corrected chi connectivity index (χ4v) is 3.40. The number of nitrogens with zero attached hydrogens (tertiary/aromatic N) is 5. The monoisotopic (exact) mass is 420 g/mol. The third kappa shape index (κ3) is 3.20. The van der Waals surface area contributed by atoms with Crippen molar-refractivity contribution >= 4 is 27.9 Å². The van der Waals surface area contributed by atoms with Gasteiger partial charge in [0.25, 0.3) is 5.56 Å². The predicted octanol–water partition coefficient (Wildman–Crippen LogP) is 3.75. The lowest BCUT2D eigenvalue weighted by atomic mass is 10.1. The summed E-state index contributed by atoms with van der Waals surface area (Å²) in [7, 11) is 0. The van der Waals surface area contributed by atoms with Crippen molar-refractivity contribution in [3.8, 4) is 5.69 Å². The molecule has 3 heterocycles. The van der Waals surface area contributed by atoms with E-state index in [9.17, 15) is 9.18 Å². The molecule has 5 rings (SSSR count). The van der Waals surface area contributed by atoms with Crippen molar-refractivity contribution in [3.05, 3.63) is 83.1 Å². The standard InChI is InChI=1S/C22H18FN7O/c1-2-15(28-20-18-19(25-11-24-18)26-12-27-20)21-29-16-10-6-9-14(23)17(16)22(31)30(21)13-7-4-3-5-8-13/h3-12,15H,2H2,1H3,(H2,24,25,26,27,28)/t15-/m0/s1/i3D,4D,5D,7D,8D. The summed E-state index contributed by atoms with van der Waals surface area (Å²) in [5.74, 6) is -0.468. The van der Waals surface area contributed by atoms with Crippen LogP contribution in [0.2, 0.25) is 0 Å². The van der Waals surface area contributed by atoms with Gasteiger partial charge in [0.1, 0.15) is 28.9 Å². The van der Waals surface area contributed by atoms with Crippen molar-refractivity contribution in [2.24, 2.45) is 0 Å². The molecule has 0 fully saturated rings.